The first kappa shape index (κ1) is 10.1. The van der Waals surface area contributed by atoms with Crippen LogP contribution >= 0.6 is 11.3 Å². The van der Waals surface area contributed by atoms with E-state index in [1.165, 1.54) is 22.0 Å². The van der Waals surface area contributed by atoms with E-state index in [1.807, 2.05) is 11.3 Å². The zero-order valence-electron chi connectivity index (χ0n) is 9.13. The van der Waals surface area contributed by atoms with E-state index < -0.39 is 0 Å². The lowest BCUT2D eigenvalue weighted by atomic mass is 10.1. The molecule has 0 radical (unpaired) electrons. The Bertz CT molecular complexity index is 320. The first-order chi connectivity index (χ1) is 6.58. The highest BCUT2D eigenvalue weighted by atomic mass is 32.1. The highest BCUT2D eigenvalue weighted by Gasteiger charge is 2.48. The summed E-state index contributed by atoms with van der Waals surface area (Å²) in [7, 11) is 0. The van der Waals surface area contributed by atoms with E-state index in [9.17, 15) is 0 Å². The molecule has 0 spiro atoms. The van der Waals surface area contributed by atoms with E-state index in [2.05, 4.69) is 20.8 Å². The molecule has 1 aliphatic rings. The lowest BCUT2D eigenvalue weighted by molar-refractivity contribution is 0.620. The van der Waals surface area contributed by atoms with Crippen molar-refractivity contribution < 1.29 is 0 Å². The van der Waals surface area contributed by atoms with Crippen LogP contribution in [-0.4, -0.2) is 4.98 Å². The van der Waals surface area contributed by atoms with Crippen molar-refractivity contribution in [2.45, 2.75) is 46.1 Å². The Labute approximate surface area is 89.5 Å². The van der Waals surface area contributed by atoms with Gasteiger partial charge in [-0.3, -0.25) is 0 Å². The molecule has 1 fully saturated rings. The summed E-state index contributed by atoms with van der Waals surface area (Å²) in [5.41, 5.74) is 7.40. The van der Waals surface area contributed by atoms with Crippen molar-refractivity contribution in [1.29, 1.82) is 0 Å². The minimum absolute atomic E-state index is 0.481. The van der Waals surface area contributed by atoms with Crippen molar-refractivity contribution in [3.63, 3.8) is 0 Å². The number of hydrogen-bond acceptors (Lipinski definition) is 3. The van der Waals surface area contributed by atoms with Crippen LogP contribution in [0.5, 0.6) is 0 Å². The monoisotopic (exact) mass is 210 g/mol. The van der Waals surface area contributed by atoms with Gasteiger partial charge < -0.3 is 5.73 Å². The van der Waals surface area contributed by atoms with Gasteiger partial charge in [0.25, 0.3) is 0 Å². The van der Waals surface area contributed by atoms with Gasteiger partial charge in [0.15, 0.2) is 0 Å². The molecule has 3 heteroatoms. The maximum atomic E-state index is 5.70. The highest BCUT2D eigenvalue weighted by Crippen LogP contribution is 2.59. The third-order valence-corrected chi connectivity index (χ3v) is 4.36. The molecule has 0 aromatic carbocycles. The van der Waals surface area contributed by atoms with Crippen LogP contribution in [0.4, 0.5) is 0 Å². The SMILES string of the molecule is CCc1nc(C2CC2(C)C)sc1CN. The fourth-order valence-electron chi connectivity index (χ4n) is 1.88. The normalized spacial score (nSPS) is 23.9. The third-order valence-electron chi connectivity index (χ3n) is 3.13. The van der Waals surface area contributed by atoms with Crippen molar-refractivity contribution in [1.82, 2.24) is 4.98 Å². The third kappa shape index (κ3) is 1.59. The zero-order chi connectivity index (χ0) is 10.3. The van der Waals surface area contributed by atoms with Gasteiger partial charge in [-0.25, -0.2) is 4.98 Å². The molecule has 0 aliphatic heterocycles. The van der Waals surface area contributed by atoms with E-state index in [-0.39, 0.29) is 0 Å². The van der Waals surface area contributed by atoms with Crippen LogP contribution in [0.25, 0.3) is 0 Å². The van der Waals surface area contributed by atoms with Crippen LogP contribution in [0, 0.1) is 5.41 Å². The number of nitrogens with zero attached hydrogens (tertiary/aromatic N) is 1. The van der Waals surface area contributed by atoms with Gasteiger partial charge in [-0.2, -0.15) is 0 Å². The van der Waals surface area contributed by atoms with Crippen LogP contribution in [0.1, 0.15) is 48.7 Å². The van der Waals surface area contributed by atoms with Crippen LogP contribution in [0.15, 0.2) is 0 Å². The summed E-state index contributed by atoms with van der Waals surface area (Å²) in [6, 6.07) is 0. The summed E-state index contributed by atoms with van der Waals surface area (Å²) >= 11 is 1.82. The molecule has 14 heavy (non-hydrogen) atoms. The second-order valence-electron chi connectivity index (χ2n) is 4.72. The number of thiazole rings is 1. The summed E-state index contributed by atoms with van der Waals surface area (Å²) in [6.45, 7) is 7.42. The highest BCUT2D eigenvalue weighted by molar-refractivity contribution is 7.11. The van der Waals surface area contributed by atoms with Gasteiger partial charge in [-0.15, -0.1) is 11.3 Å². The van der Waals surface area contributed by atoms with Gasteiger partial charge in [-0.1, -0.05) is 20.8 Å². The average molecular weight is 210 g/mol. The summed E-state index contributed by atoms with van der Waals surface area (Å²) in [6.07, 6.45) is 2.30. The first-order valence-corrected chi connectivity index (χ1v) is 6.08. The van der Waals surface area contributed by atoms with Gasteiger partial charge in [0.05, 0.1) is 10.7 Å². The van der Waals surface area contributed by atoms with E-state index in [4.69, 9.17) is 10.7 Å². The molecular formula is C11H18N2S. The maximum Gasteiger partial charge on any atom is 0.0968 e. The maximum absolute atomic E-state index is 5.70. The summed E-state index contributed by atoms with van der Waals surface area (Å²) in [4.78, 5) is 5.98. The molecule has 2 rings (SSSR count). The molecule has 78 valence electrons. The Morgan fingerprint density at radius 1 is 1.57 bits per heavy atom. The molecule has 0 bridgehead atoms. The topological polar surface area (TPSA) is 38.9 Å². The van der Waals surface area contributed by atoms with Crippen LogP contribution < -0.4 is 5.73 Å². The minimum atomic E-state index is 0.481. The fourth-order valence-corrected chi connectivity index (χ4v) is 3.22. The molecule has 2 nitrogen and oxygen atoms in total. The molecule has 1 unspecified atom stereocenters. The summed E-state index contributed by atoms with van der Waals surface area (Å²) < 4.78 is 0. The number of hydrogen-bond donors (Lipinski definition) is 1. The molecule has 1 aliphatic carbocycles. The number of rotatable bonds is 3. The Hall–Kier alpha value is -0.410. The largest absolute Gasteiger partial charge is 0.326 e. The number of aryl methyl sites for hydroxylation is 1. The van der Waals surface area contributed by atoms with Crippen molar-refractivity contribution in [3.05, 3.63) is 15.6 Å². The zero-order valence-corrected chi connectivity index (χ0v) is 9.95. The Morgan fingerprint density at radius 2 is 2.21 bits per heavy atom. The molecule has 0 amide bonds. The minimum Gasteiger partial charge on any atom is -0.326 e. The molecule has 0 saturated heterocycles. The van der Waals surface area contributed by atoms with Crippen LogP contribution in [-0.2, 0) is 13.0 Å². The molecule has 1 aromatic heterocycles. The standard InChI is InChI=1S/C11H18N2S/c1-4-8-9(6-12)14-10(13-8)7-5-11(7,2)3/h7H,4-6,12H2,1-3H3. The van der Waals surface area contributed by atoms with Gasteiger partial charge in [0, 0.05) is 17.3 Å². The van der Waals surface area contributed by atoms with Crippen molar-refractivity contribution in [2.24, 2.45) is 11.1 Å². The number of aromatic nitrogens is 1. The van der Waals surface area contributed by atoms with Crippen molar-refractivity contribution in [2.75, 3.05) is 0 Å². The van der Waals surface area contributed by atoms with Gasteiger partial charge >= 0.3 is 0 Å². The van der Waals surface area contributed by atoms with Crippen LogP contribution in [0.3, 0.4) is 0 Å². The van der Waals surface area contributed by atoms with Gasteiger partial charge in [-0.05, 0) is 18.3 Å². The van der Waals surface area contributed by atoms with Gasteiger partial charge in [0.2, 0.25) is 0 Å². The summed E-state index contributed by atoms with van der Waals surface area (Å²) in [5.74, 6) is 0.693. The van der Waals surface area contributed by atoms with E-state index in [0.29, 0.717) is 17.9 Å². The Kier molecular flexibility index (Phi) is 2.40. The molecular weight excluding hydrogens is 192 g/mol. The van der Waals surface area contributed by atoms with Crippen molar-refractivity contribution in [3.8, 4) is 0 Å². The van der Waals surface area contributed by atoms with Gasteiger partial charge in [0.1, 0.15) is 0 Å². The molecule has 1 saturated carbocycles. The second-order valence-corrected chi connectivity index (χ2v) is 5.84. The fraction of sp³-hybridized carbons (Fsp3) is 0.727. The predicted molar refractivity (Wildman–Crippen MR) is 60.5 cm³/mol. The van der Waals surface area contributed by atoms with E-state index in [1.54, 1.807) is 0 Å². The number of nitrogens with two attached hydrogens (primary N) is 1. The quantitative estimate of drug-likeness (QED) is 0.833. The second kappa shape index (κ2) is 3.31. The van der Waals surface area contributed by atoms with E-state index in [0.717, 1.165) is 6.42 Å². The predicted octanol–water partition coefficient (Wildman–Crippen LogP) is 2.68. The molecule has 1 heterocycles. The van der Waals surface area contributed by atoms with Crippen LogP contribution in [0.2, 0.25) is 0 Å². The molecule has 1 atom stereocenters. The molecule has 1 aromatic rings. The average Bonchev–Trinajstić information content (AvgIpc) is 2.65. The van der Waals surface area contributed by atoms with Crippen molar-refractivity contribution >= 4 is 11.3 Å². The first-order valence-electron chi connectivity index (χ1n) is 5.27. The summed E-state index contributed by atoms with van der Waals surface area (Å²) in [5, 5.41) is 1.31. The smallest absolute Gasteiger partial charge is 0.0968 e. The lowest BCUT2D eigenvalue weighted by Crippen LogP contribution is -1.97. The Balaban J connectivity index is 2.24. The Morgan fingerprint density at radius 3 is 2.57 bits per heavy atom. The lowest BCUT2D eigenvalue weighted by Gasteiger charge is -1.97. The molecule has 2 N–H and O–H groups in total. The van der Waals surface area contributed by atoms with E-state index >= 15 is 0 Å².